The van der Waals surface area contributed by atoms with Crippen molar-refractivity contribution >= 4 is 5.91 Å². The molecule has 20 heavy (non-hydrogen) atoms. The molecule has 118 valence electrons. The number of amides is 1. The SMILES string of the molecule is CCCC1NC(CC(C)C)C(=O)N1C(C)CCC(C)C. The van der Waals surface area contributed by atoms with Gasteiger partial charge in [-0.05, 0) is 44.4 Å². The normalized spacial score (nSPS) is 25.0. The quantitative estimate of drug-likeness (QED) is 0.734. The lowest BCUT2D eigenvalue weighted by molar-refractivity contribution is -0.132. The molecule has 1 rings (SSSR count). The molecule has 3 atom stereocenters. The van der Waals surface area contributed by atoms with E-state index in [2.05, 4.69) is 51.8 Å². The van der Waals surface area contributed by atoms with Crippen molar-refractivity contribution in [2.75, 3.05) is 0 Å². The van der Waals surface area contributed by atoms with Gasteiger partial charge in [-0.2, -0.15) is 0 Å². The first-order valence-electron chi connectivity index (χ1n) is 8.45. The molecule has 0 bridgehead atoms. The lowest BCUT2D eigenvalue weighted by Crippen LogP contribution is -2.43. The number of hydrogen-bond acceptors (Lipinski definition) is 2. The van der Waals surface area contributed by atoms with Gasteiger partial charge in [0.25, 0.3) is 0 Å². The van der Waals surface area contributed by atoms with Crippen LogP contribution in [-0.2, 0) is 4.79 Å². The van der Waals surface area contributed by atoms with Gasteiger partial charge in [0.2, 0.25) is 5.91 Å². The Morgan fingerprint density at radius 2 is 1.75 bits per heavy atom. The fraction of sp³-hybridized carbons (Fsp3) is 0.941. The molecule has 0 aromatic rings. The number of hydrogen-bond donors (Lipinski definition) is 1. The predicted octanol–water partition coefficient (Wildman–Crippen LogP) is 3.78. The van der Waals surface area contributed by atoms with Crippen LogP contribution in [-0.4, -0.2) is 29.1 Å². The van der Waals surface area contributed by atoms with Crippen LogP contribution in [0.3, 0.4) is 0 Å². The van der Waals surface area contributed by atoms with Gasteiger partial charge in [0, 0.05) is 6.04 Å². The maximum atomic E-state index is 12.7. The molecule has 1 aliphatic rings. The van der Waals surface area contributed by atoms with E-state index in [0.29, 0.717) is 23.8 Å². The Labute approximate surface area is 125 Å². The first-order chi connectivity index (χ1) is 9.36. The number of rotatable bonds is 8. The summed E-state index contributed by atoms with van der Waals surface area (Å²) in [4.78, 5) is 14.8. The maximum absolute atomic E-state index is 12.7. The summed E-state index contributed by atoms with van der Waals surface area (Å²) in [5.41, 5.74) is 0. The minimum absolute atomic E-state index is 0.0352. The zero-order valence-corrected chi connectivity index (χ0v) is 14.3. The average molecular weight is 282 g/mol. The first-order valence-corrected chi connectivity index (χ1v) is 8.45. The van der Waals surface area contributed by atoms with Crippen molar-refractivity contribution in [1.82, 2.24) is 10.2 Å². The zero-order chi connectivity index (χ0) is 15.3. The minimum Gasteiger partial charge on any atom is -0.323 e. The van der Waals surface area contributed by atoms with Gasteiger partial charge in [-0.25, -0.2) is 0 Å². The van der Waals surface area contributed by atoms with Crippen molar-refractivity contribution in [3.63, 3.8) is 0 Å². The highest BCUT2D eigenvalue weighted by Gasteiger charge is 2.40. The highest BCUT2D eigenvalue weighted by Crippen LogP contribution is 2.24. The molecule has 0 spiro atoms. The van der Waals surface area contributed by atoms with Crippen LogP contribution in [0.4, 0.5) is 0 Å². The van der Waals surface area contributed by atoms with E-state index in [0.717, 1.165) is 25.7 Å². The van der Waals surface area contributed by atoms with Crippen LogP contribution in [0.5, 0.6) is 0 Å². The first kappa shape index (κ1) is 17.5. The molecule has 3 unspecified atom stereocenters. The molecule has 0 aromatic heterocycles. The van der Waals surface area contributed by atoms with Crippen molar-refractivity contribution in [2.24, 2.45) is 11.8 Å². The Morgan fingerprint density at radius 3 is 2.25 bits per heavy atom. The van der Waals surface area contributed by atoms with Gasteiger partial charge in [0.05, 0.1) is 12.2 Å². The Balaban J connectivity index is 2.70. The molecule has 1 aliphatic heterocycles. The van der Waals surface area contributed by atoms with E-state index >= 15 is 0 Å². The van der Waals surface area contributed by atoms with Crippen molar-refractivity contribution in [2.45, 2.75) is 91.9 Å². The van der Waals surface area contributed by atoms with Crippen LogP contribution in [0.2, 0.25) is 0 Å². The molecule has 1 fully saturated rings. The topological polar surface area (TPSA) is 32.3 Å². The summed E-state index contributed by atoms with van der Waals surface area (Å²) in [6, 6.07) is 0.388. The fourth-order valence-corrected chi connectivity index (χ4v) is 3.09. The monoisotopic (exact) mass is 282 g/mol. The van der Waals surface area contributed by atoms with E-state index in [9.17, 15) is 4.79 Å². The minimum atomic E-state index is 0.0352. The highest BCUT2D eigenvalue weighted by molar-refractivity contribution is 5.84. The molecule has 0 radical (unpaired) electrons. The van der Waals surface area contributed by atoms with E-state index in [4.69, 9.17) is 0 Å². The van der Waals surface area contributed by atoms with Gasteiger partial charge in [-0.3, -0.25) is 10.1 Å². The molecule has 0 aliphatic carbocycles. The molecular formula is C17H34N2O. The maximum Gasteiger partial charge on any atom is 0.241 e. The van der Waals surface area contributed by atoms with Crippen molar-refractivity contribution in [3.05, 3.63) is 0 Å². The average Bonchev–Trinajstić information content (AvgIpc) is 2.63. The number of carbonyl (C=O) groups excluding carboxylic acids is 1. The summed E-state index contributed by atoms with van der Waals surface area (Å²) < 4.78 is 0. The molecule has 0 saturated carbocycles. The van der Waals surface area contributed by atoms with Crippen LogP contribution >= 0.6 is 0 Å². The highest BCUT2D eigenvalue weighted by atomic mass is 16.2. The van der Waals surface area contributed by atoms with Gasteiger partial charge in [0.1, 0.15) is 0 Å². The fourth-order valence-electron chi connectivity index (χ4n) is 3.09. The lowest BCUT2D eigenvalue weighted by Gasteiger charge is -2.30. The van der Waals surface area contributed by atoms with Crippen LogP contribution < -0.4 is 5.32 Å². The van der Waals surface area contributed by atoms with Gasteiger partial charge < -0.3 is 4.90 Å². The number of nitrogens with zero attached hydrogens (tertiary/aromatic N) is 1. The molecular weight excluding hydrogens is 248 g/mol. The van der Waals surface area contributed by atoms with E-state index in [1.54, 1.807) is 0 Å². The summed E-state index contributed by atoms with van der Waals surface area (Å²) in [6.45, 7) is 13.3. The largest absolute Gasteiger partial charge is 0.323 e. The summed E-state index contributed by atoms with van der Waals surface area (Å²) in [6.07, 6.45) is 5.68. The molecule has 3 nitrogen and oxygen atoms in total. The molecule has 0 aromatic carbocycles. The van der Waals surface area contributed by atoms with Gasteiger partial charge in [-0.1, -0.05) is 41.0 Å². The van der Waals surface area contributed by atoms with Crippen molar-refractivity contribution < 1.29 is 4.79 Å². The van der Waals surface area contributed by atoms with Crippen LogP contribution in [0.1, 0.15) is 73.6 Å². The van der Waals surface area contributed by atoms with Crippen LogP contribution in [0, 0.1) is 11.8 Å². The summed E-state index contributed by atoms with van der Waals surface area (Å²) in [5.74, 6) is 1.59. The smallest absolute Gasteiger partial charge is 0.241 e. The predicted molar refractivity (Wildman–Crippen MR) is 85.5 cm³/mol. The second-order valence-corrected chi connectivity index (χ2v) is 7.22. The standard InChI is InChI=1S/C17H34N2O/c1-7-8-16-18-15(11-13(4)5)17(20)19(16)14(6)10-9-12(2)3/h12-16,18H,7-11H2,1-6H3. The van der Waals surface area contributed by atoms with Crippen LogP contribution in [0.15, 0.2) is 0 Å². The third-order valence-electron chi connectivity index (χ3n) is 4.19. The molecule has 1 amide bonds. The van der Waals surface area contributed by atoms with E-state index < -0.39 is 0 Å². The zero-order valence-electron chi connectivity index (χ0n) is 14.3. The molecule has 1 saturated heterocycles. The summed E-state index contributed by atoms with van der Waals surface area (Å²) >= 11 is 0. The Hall–Kier alpha value is -0.570. The number of nitrogens with one attached hydrogen (secondary N) is 1. The summed E-state index contributed by atoms with van der Waals surface area (Å²) in [5, 5.41) is 3.57. The Kier molecular flexibility index (Phi) is 7.01. The summed E-state index contributed by atoms with van der Waals surface area (Å²) in [7, 11) is 0. The van der Waals surface area contributed by atoms with E-state index in [1.807, 2.05) is 0 Å². The second kappa shape index (κ2) is 8.02. The van der Waals surface area contributed by atoms with Crippen molar-refractivity contribution in [3.8, 4) is 0 Å². The van der Waals surface area contributed by atoms with E-state index in [1.165, 1.54) is 6.42 Å². The second-order valence-electron chi connectivity index (χ2n) is 7.22. The van der Waals surface area contributed by atoms with Gasteiger partial charge in [0.15, 0.2) is 0 Å². The number of carbonyl (C=O) groups is 1. The third-order valence-corrected chi connectivity index (χ3v) is 4.19. The lowest BCUT2D eigenvalue weighted by atomic mass is 10.0. The van der Waals surface area contributed by atoms with Crippen LogP contribution in [0.25, 0.3) is 0 Å². The van der Waals surface area contributed by atoms with Crippen molar-refractivity contribution in [1.29, 1.82) is 0 Å². The molecule has 1 N–H and O–H groups in total. The Morgan fingerprint density at radius 1 is 1.10 bits per heavy atom. The van der Waals surface area contributed by atoms with E-state index in [-0.39, 0.29) is 12.2 Å². The van der Waals surface area contributed by atoms with Gasteiger partial charge >= 0.3 is 0 Å². The third kappa shape index (κ3) is 4.76. The van der Waals surface area contributed by atoms with Gasteiger partial charge in [-0.15, -0.1) is 0 Å². The Bertz CT molecular complexity index is 301. The molecule has 1 heterocycles. The molecule has 3 heteroatoms.